The molecule has 0 radical (unpaired) electrons. The molecule has 73 heavy (non-hydrogen) atoms. The number of carbonyl (C=O) groups is 1. The summed E-state index contributed by atoms with van der Waals surface area (Å²) >= 11 is 2.72. The number of aromatic nitrogens is 12. The number of ether oxygens (including phenoxy) is 2. The van der Waals surface area contributed by atoms with Gasteiger partial charge >= 0.3 is 6.09 Å². The molecule has 2 fully saturated rings. The van der Waals surface area contributed by atoms with Gasteiger partial charge in [-0.1, -0.05) is 38.9 Å². The molecule has 1 aliphatic heterocycles. The van der Waals surface area contributed by atoms with Gasteiger partial charge in [0.05, 0.1) is 11.4 Å². The first-order valence-corrected chi connectivity index (χ1v) is 30.5. The Morgan fingerprint density at radius 1 is 0.753 bits per heavy atom. The molecule has 0 aromatic carbocycles. The Bertz CT molecular complexity index is 3200. The molecule has 1 saturated carbocycles. The Kier molecular flexibility index (Phi) is 15.6. The second-order valence-electron chi connectivity index (χ2n) is 21.4. The van der Waals surface area contributed by atoms with Gasteiger partial charge in [0, 0.05) is 86.5 Å². The van der Waals surface area contributed by atoms with Crippen molar-refractivity contribution >= 4 is 71.2 Å². The maximum absolute atomic E-state index is 12.7. The van der Waals surface area contributed by atoms with E-state index < -0.39 is 13.7 Å². The quantitative estimate of drug-likeness (QED) is 0.0724. The van der Waals surface area contributed by atoms with E-state index in [0.717, 1.165) is 108 Å². The molecule has 9 heterocycles. The van der Waals surface area contributed by atoms with Crippen LogP contribution in [0.4, 0.5) is 16.7 Å². The number of anilines is 2. The van der Waals surface area contributed by atoms with Crippen LogP contribution in [0.1, 0.15) is 88.5 Å². The number of nitrogens with one attached hydrogen (secondary N) is 3. The number of rotatable bonds is 13. The highest BCUT2D eigenvalue weighted by Crippen LogP contribution is 2.35. The van der Waals surface area contributed by atoms with Crippen molar-refractivity contribution in [3.63, 3.8) is 0 Å². The molecule has 18 nitrogen and oxygen atoms in total. The molecule has 3 N–H and O–H groups in total. The highest BCUT2D eigenvalue weighted by molar-refractivity contribution is 7.09. The fourth-order valence-corrected chi connectivity index (χ4v) is 11.0. The van der Waals surface area contributed by atoms with Gasteiger partial charge in [0.15, 0.2) is 10.0 Å². The summed E-state index contributed by atoms with van der Waals surface area (Å²) < 4.78 is 22.4. The number of hydrogen-bond donors (Lipinski definition) is 3. The van der Waals surface area contributed by atoms with E-state index in [9.17, 15) is 4.79 Å². The van der Waals surface area contributed by atoms with E-state index in [0.29, 0.717) is 44.4 Å². The number of aromatic amines is 1. The predicted molar refractivity (Wildman–Crippen MR) is 294 cm³/mol. The first kappa shape index (κ1) is 51.6. The van der Waals surface area contributed by atoms with Crippen LogP contribution in [0.15, 0.2) is 49.1 Å². The summed E-state index contributed by atoms with van der Waals surface area (Å²) in [6, 6.07) is 9.73. The predicted octanol–water partition coefficient (Wildman–Crippen LogP) is 11.7. The molecule has 384 valence electrons. The van der Waals surface area contributed by atoms with Crippen LogP contribution < -0.4 is 10.6 Å². The van der Waals surface area contributed by atoms with Crippen molar-refractivity contribution in [1.29, 1.82) is 0 Å². The third-order valence-corrected chi connectivity index (χ3v) is 16.1. The zero-order chi connectivity index (χ0) is 51.4. The summed E-state index contributed by atoms with van der Waals surface area (Å²) in [5.41, 5.74) is 8.48. The lowest BCUT2D eigenvalue weighted by Crippen LogP contribution is -2.47. The molecule has 1 aliphatic carbocycles. The van der Waals surface area contributed by atoms with E-state index in [1.165, 1.54) is 55.2 Å². The van der Waals surface area contributed by atoms with Crippen LogP contribution in [0.25, 0.3) is 66.0 Å². The molecule has 0 spiro atoms. The van der Waals surface area contributed by atoms with Crippen molar-refractivity contribution in [2.24, 2.45) is 0 Å². The molecule has 10 rings (SSSR count). The third kappa shape index (κ3) is 12.9. The second kappa shape index (κ2) is 22.0. The number of amides is 1. The van der Waals surface area contributed by atoms with Gasteiger partial charge in [0.25, 0.3) is 0 Å². The summed E-state index contributed by atoms with van der Waals surface area (Å²) in [5.74, 6) is 2.75. The smallest absolute Gasteiger partial charge is 0.410 e. The van der Waals surface area contributed by atoms with Crippen LogP contribution in [0.2, 0.25) is 25.7 Å². The van der Waals surface area contributed by atoms with E-state index in [1.54, 1.807) is 4.90 Å². The lowest BCUT2D eigenvalue weighted by Gasteiger charge is -2.34. The zero-order valence-electron chi connectivity index (χ0n) is 43.7. The first-order valence-electron chi connectivity index (χ1n) is 25.3. The average molecular weight is 1040 g/mol. The standard InChI is InChI=1S/C31H44N8O3SSi.C21H23N7S/c1-20-16-32-29(34-22-10-9-13-38(17-22)30(40)42-31(3,4)5)36-26(20)24-18-39(19-41-14-15-44(6,7)8)27-23(24)11-12-25(35-27)28-33-21(2)37-43-28;1-12-10-23-21(25-14-6-4-3-5-7-14)27-18(12)16-11-22-19-15(16)8-9-17(26-19)20-24-13(2)28-29-20/h11-12,16,18,22H,9-10,13-15,17,19H2,1-8H3,(H,32,34,36);8-11,14H,3-7H2,1-2H3,(H,22,26)(H,23,25,27)/t22-;/m0./s1. The van der Waals surface area contributed by atoms with Gasteiger partial charge in [0.1, 0.15) is 46.7 Å². The van der Waals surface area contributed by atoms with E-state index in [4.69, 9.17) is 29.4 Å². The minimum absolute atomic E-state index is 0.0209. The van der Waals surface area contributed by atoms with Gasteiger partial charge in [-0.2, -0.15) is 8.75 Å². The topological polar surface area (TPSA) is 212 Å². The lowest BCUT2D eigenvalue weighted by atomic mass is 9.96. The summed E-state index contributed by atoms with van der Waals surface area (Å²) in [5, 5.41) is 10.6. The molecule has 1 saturated heterocycles. The van der Waals surface area contributed by atoms with E-state index in [-0.39, 0.29) is 12.1 Å². The fourth-order valence-electron chi connectivity index (χ4n) is 9.00. The summed E-state index contributed by atoms with van der Waals surface area (Å²) in [6.45, 7) is 22.9. The average Bonchev–Trinajstić information content (AvgIpc) is 4.18. The number of piperidine rings is 1. The van der Waals surface area contributed by atoms with Crippen molar-refractivity contribution in [3.05, 3.63) is 71.8 Å². The molecule has 1 atom stereocenters. The molecule has 8 aromatic rings. The van der Waals surface area contributed by atoms with Gasteiger partial charge in [-0.25, -0.2) is 44.7 Å². The minimum Gasteiger partial charge on any atom is -0.444 e. The van der Waals surface area contributed by atoms with Gasteiger partial charge in [-0.05, 0) is 139 Å². The number of aryl methyl sites for hydroxylation is 4. The van der Waals surface area contributed by atoms with Crippen LogP contribution >= 0.6 is 23.1 Å². The molecule has 21 heteroatoms. The van der Waals surface area contributed by atoms with Crippen molar-refractivity contribution in [1.82, 2.24) is 63.1 Å². The number of carbonyl (C=O) groups excluding carboxylic acids is 1. The van der Waals surface area contributed by atoms with Gasteiger partial charge in [-0.15, -0.1) is 0 Å². The minimum atomic E-state index is -1.22. The Morgan fingerprint density at radius 2 is 1.36 bits per heavy atom. The molecular weight excluding hydrogens is 975 g/mol. The highest BCUT2D eigenvalue weighted by atomic mass is 32.1. The normalized spacial score (nSPS) is 15.6. The highest BCUT2D eigenvalue weighted by Gasteiger charge is 2.29. The zero-order valence-corrected chi connectivity index (χ0v) is 46.3. The molecule has 8 aromatic heterocycles. The summed E-state index contributed by atoms with van der Waals surface area (Å²) in [7, 11) is -1.22. The number of hydrogen-bond acceptors (Lipinski definition) is 17. The first-order chi connectivity index (χ1) is 34.9. The number of H-pyrrole nitrogens is 1. The van der Waals surface area contributed by atoms with Crippen LogP contribution in [0.3, 0.4) is 0 Å². The molecule has 0 unspecified atom stereocenters. The monoisotopic (exact) mass is 1040 g/mol. The number of fused-ring (bicyclic) bond motifs is 2. The number of pyridine rings is 2. The van der Waals surface area contributed by atoms with E-state index >= 15 is 0 Å². The summed E-state index contributed by atoms with van der Waals surface area (Å²) in [6.07, 6.45) is 15.6. The Morgan fingerprint density at radius 3 is 1.97 bits per heavy atom. The fraction of sp³-hybridized carbons (Fsp3) is 0.481. The van der Waals surface area contributed by atoms with Crippen LogP contribution in [-0.4, -0.2) is 115 Å². The van der Waals surface area contributed by atoms with Gasteiger partial charge in [0.2, 0.25) is 11.9 Å². The van der Waals surface area contributed by atoms with Crippen molar-refractivity contribution in [2.45, 2.75) is 144 Å². The van der Waals surface area contributed by atoms with E-state index in [2.05, 4.69) is 86.8 Å². The van der Waals surface area contributed by atoms with Crippen LogP contribution in [0.5, 0.6) is 0 Å². The number of nitrogens with zero attached hydrogens (tertiary/aromatic N) is 12. The molecule has 1 amide bonds. The van der Waals surface area contributed by atoms with Crippen LogP contribution in [0, 0.1) is 27.7 Å². The molecule has 2 aliphatic rings. The SMILES string of the molecule is Cc1nsc(-c2ccc3c(-c4nc(NC5CCCCC5)ncc4C)c[nH]c3n2)n1.Cc1nsc(-c2ccc3c(-c4nc(N[C@H]5CCCN(C(=O)OC(C)(C)C)C5)ncc4C)cn(COCC[Si](C)(C)C)c3n2)n1. The Hall–Kier alpha value is -6.29. The van der Waals surface area contributed by atoms with Crippen LogP contribution in [-0.2, 0) is 16.2 Å². The number of likely N-dealkylation sites (tertiary alicyclic amines) is 1. The third-order valence-electron chi connectivity index (χ3n) is 12.8. The second-order valence-corrected chi connectivity index (χ2v) is 28.5. The van der Waals surface area contributed by atoms with Gasteiger partial charge in [-0.3, -0.25) is 0 Å². The maximum Gasteiger partial charge on any atom is 0.410 e. The molecular formula is C52H67N15O3S2Si. The lowest BCUT2D eigenvalue weighted by molar-refractivity contribution is 0.0206. The van der Waals surface area contributed by atoms with E-state index in [1.807, 2.05) is 79.2 Å². The van der Waals surface area contributed by atoms with Crippen molar-refractivity contribution in [3.8, 4) is 43.9 Å². The van der Waals surface area contributed by atoms with Gasteiger partial charge < -0.3 is 34.6 Å². The molecule has 0 bridgehead atoms. The Balaban J connectivity index is 0.000000195. The van der Waals surface area contributed by atoms with Crippen molar-refractivity contribution < 1.29 is 14.3 Å². The maximum atomic E-state index is 12.7. The summed E-state index contributed by atoms with van der Waals surface area (Å²) in [4.78, 5) is 55.5. The Labute approximate surface area is 436 Å². The van der Waals surface area contributed by atoms with Crippen molar-refractivity contribution in [2.75, 3.05) is 30.3 Å². The largest absolute Gasteiger partial charge is 0.444 e.